The Morgan fingerprint density at radius 1 is 1.08 bits per heavy atom. The quantitative estimate of drug-likeness (QED) is 0.331. The van der Waals surface area contributed by atoms with Gasteiger partial charge in [0.25, 0.3) is 11.8 Å². The van der Waals surface area contributed by atoms with E-state index < -0.39 is 41.0 Å². The first-order valence-electron chi connectivity index (χ1n) is 12.0. The molecule has 1 atom stereocenters. The number of alkyl halides is 3. The number of anilines is 1. The average Bonchev–Trinajstić information content (AvgIpc) is 2.86. The van der Waals surface area contributed by atoms with Crippen molar-refractivity contribution in [2.24, 2.45) is 5.92 Å². The fourth-order valence-corrected chi connectivity index (χ4v) is 4.40. The second-order valence-electron chi connectivity index (χ2n) is 8.91. The number of rotatable bonds is 9. The van der Waals surface area contributed by atoms with Crippen molar-refractivity contribution in [2.75, 3.05) is 19.1 Å². The number of hydrogen-bond donors (Lipinski definition) is 2. The number of carbonyl (C=O) groups excluding carboxylic acids is 2. The molecule has 1 aliphatic rings. The molecule has 2 amide bonds. The lowest BCUT2D eigenvalue weighted by molar-refractivity contribution is -0.137. The number of likely N-dealkylation sites (N-methyl/N-ethyl adjacent to an activating group) is 1. The number of nitrogens with one attached hydrogen (secondary N) is 2. The summed E-state index contributed by atoms with van der Waals surface area (Å²) in [6.45, 7) is 2.02. The van der Waals surface area contributed by atoms with Gasteiger partial charge in [0, 0.05) is 12.1 Å². The van der Waals surface area contributed by atoms with Crippen molar-refractivity contribution in [1.82, 2.24) is 10.3 Å². The number of nitrogens with zero attached hydrogens (tertiary/aromatic N) is 1. The van der Waals surface area contributed by atoms with Crippen LogP contribution in [0.15, 0.2) is 42.5 Å². The standard InChI is InChI=1S/C26H31F4N3O3/c1-3-33(32-21-9-11-22(36-2)12-10-21)25(35)23(13-17-7-5-4-6-8-17)31-24(34)18-14-19(26(28,29)30)16-20(27)15-18/h9-12,14-17,23,32H,3-8,13H2,1-2H3,(H,31,34). The van der Waals surface area contributed by atoms with Crippen LogP contribution in [0.2, 0.25) is 0 Å². The molecule has 3 rings (SSSR count). The van der Waals surface area contributed by atoms with Gasteiger partial charge in [-0.25, -0.2) is 4.39 Å². The minimum Gasteiger partial charge on any atom is -0.497 e. The molecule has 0 heterocycles. The molecule has 0 radical (unpaired) electrons. The maximum absolute atomic E-state index is 13.9. The van der Waals surface area contributed by atoms with E-state index in [0.717, 1.165) is 38.2 Å². The lowest BCUT2D eigenvalue weighted by Gasteiger charge is -2.31. The number of amides is 2. The highest BCUT2D eigenvalue weighted by atomic mass is 19.4. The molecule has 1 aliphatic carbocycles. The van der Waals surface area contributed by atoms with E-state index in [0.29, 0.717) is 30.0 Å². The minimum absolute atomic E-state index is 0.186. The summed E-state index contributed by atoms with van der Waals surface area (Å²) in [5.74, 6) is -1.72. The van der Waals surface area contributed by atoms with Gasteiger partial charge in [0.15, 0.2) is 0 Å². The highest BCUT2D eigenvalue weighted by molar-refractivity contribution is 5.98. The molecule has 196 valence electrons. The van der Waals surface area contributed by atoms with Gasteiger partial charge in [-0.05, 0) is 61.7 Å². The van der Waals surface area contributed by atoms with Crippen LogP contribution in [0.3, 0.4) is 0 Å². The zero-order valence-electron chi connectivity index (χ0n) is 20.3. The molecule has 2 aromatic carbocycles. The highest BCUT2D eigenvalue weighted by Crippen LogP contribution is 2.31. The third-order valence-corrected chi connectivity index (χ3v) is 6.32. The number of methoxy groups -OCH3 is 1. The van der Waals surface area contributed by atoms with E-state index in [1.807, 2.05) is 0 Å². The molecule has 2 N–H and O–H groups in total. The van der Waals surface area contributed by atoms with Gasteiger partial charge in [0.1, 0.15) is 17.6 Å². The van der Waals surface area contributed by atoms with Crippen molar-refractivity contribution in [3.8, 4) is 5.75 Å². The maximum atomic E-state index is 13.9. The number of hydrogen-bond acceptors (Lipinski definition) is 4. The predicted octanol–water partition coefficient (Wildman–Crippen LogP) is 5.80. The Morgan fingerprint density at radius 2 is 1.75 bits per heavy atom. The Morgan fingerprint density at radius 3 is 2.33 bits per heavy atom. The second-order valence-corrected chi connectivity index (χ2v) is 8.91. The van der Waals surface area contributed by atoms with E-state index in [4.69, 9.17) is 4.74 Å². The molecule has 1 fully saturated rings. The fraction of sp³-hybridized carbons (Fsp3) is 0.462. The third kappa shape index (κ3) is 7.35. The number of halogens is 4. The first-order chi connectivity index (χ1) is 17.1. The molecule has 10 heteroatoms. The van der Waals surface area contributed by atoms with Crippen LogP contribution < -0.4 is 15.5 Å². The zero-order chi connectivity index (χ0) is 26.3. The lowest BCUT2D eigenvalue weighted by Crippen LogP contribution is -2.51. The summed E-state index contributed by atoms with van der Waals surface area (Å²) in [6.07, 6.45) is 0.458. The third-order valence-electron chi connectivity index (χ3n) is 6.32. The summed E-state index contributed by atoms with van der Waals surface area (Å²) in [5.41, 5.74) is 1.88. The highest BCUT2D eigenvalue weighted by Gasteiger charge is 2.33. The summed E-state index contributed by atoms with van der Waals surface area (Å²) in [6, 6.07) is 7.58. The van der Waals surface area contributed by atoms with Crippen LogP contribution in [-0.2, 0) is 11.0 Å². The van der Waals surface area contributed by atoms with Crippen molar-refractivity contribution in [2.45, 2.75) is 57.7 Å². The van der Waals surface area contributed by atoms with Crippen LogP contribution in [-0.4, -0.2) is 36.5 Å². The fourth-order valence-electron chi connectivity index (χ4n) is 4.40. The molecular formula is C26H31F4N3O3. The number of hydrazine groups is 1. The Bertz CT molecular complexity index is 1040. The van der Waals surface area contributed by atoms with E-state index in [1.165, 1.54) is 5.01 Å². The molecule has 0 spiro atoms. The summed E-state index contributed by atoms with van der Waals surface area (Å²) < 4.78 is 58.5. The van der Waals surface area contributed by atoms with Gasteiger partial charge in [-0.3, -0.25) is 20.0 Å². The summed E-state index contributed by atoms with van der Waals surface area (Å²) in [7, 11) is 1.54. The van der Waals surface area contributed by atoms with Gasteiger partial charge in [0.2, 0.25) is 0 Å². The monoisotopic (exact) mass is 509 g/mol. The molecule has 0 saturated heterocycles. The van der Waals surface area contributed by atoms with Gasteiger partial charge in [-0.15, -0.1) is 0 Å². The number of carbonyl (C=O) groups is 2. The Labute approximate surface area is 208 Å². The Balaban J connectivity index is 1.82. The molecule has 0 bridgehead atoms. The van der Waals surface area contributed by atoms with E-state index in [2.05, 4.69) is 10.7 Å². The van der Waals surface area contributed by atoms with Gasteiger partial charge < -0.3 is 10.1 Å². The molecular weight excluding hydrogens is 478 g/mol. The molecule has 36 heavy (non-hydrogen) atoms. The zero-order valence-corrected chi connectivity index (χ0v) is 20.3. The molecule has 0 aliphatic heterocycles. The van der Waals surface area contributed by atoms with Crippen molar-refractivity contribution < 1.29 is 31.9 Å². The largest absolute Gasteiger partial charge is 0.497 e. The first kappa shape index (κ1) is 27.3. The van der Waals surface area contributed by atoms with E-state index in [1.54, 1.807) is 38.3 Å². The molecule has 1 saturated carbocycles. The first-order valence-corrected chi connectivity index (χ1v) is 12.0. The molecule has 2 aromatic rings. The summed E-state index contributed by atoms with van der Waals surface area (Å²) >= 11 is 0. The normalized spacial score (nSPS) is 15.2. The van der Waals surface area contributed by atoms with E-state index >= 15 is 0 Å². The summed E-state index contributed by atoms with van der Waals surface area (Å²) in [5, 5.41) is 3.93. The topological polar surface area (TPSA) is 70.7 Å². The Kier molecular flexibility index (Phi) is 9.17. The molecule has 6 nitrogen and oxygen atoms in total. The Hall–Kier alpha value is -3.30. The smallest absolute Gasteiger partial charge is 0.416 e. The van der Waals surface area contributed by atoms with Crippen LogP contribution in [0.1, 0.15) is 61.4 Å². The SMILES string of the molecule is CCN(Nc1ccc(OC)cc1)C(=O)C(CC1CCCCC1)NC(=O)c1cc(F)cc(C(F)(F)F)c1. The lowest BCUT2D eigenvalue weighted by atomic mass is 9.84. The van der Waals surface area contributed by atoms with Crippen LogP contribution in [0.5, 0.6) is 5.75 Å². The number of benzene rings is 2. The van der Waals surface area contributed by atoms with Gasteiger partial charge in [0.05, 0.1) is 18.4 Å². The van der Waals surface area contributed by atoms with Gasteiger partial charge in [-0.1, -0.05) is 32.1 Å². The number of ether oxygens (including phenoxy) is 1. The van der Waals surface area contributed by atoms with E-state index in [-0.39, 0.29) is 12.5 Å². The summed E-state index contributed by atoms with van der Waals surface area (Å²) in [4.78, 5) is 26.4. The van der Waals surface area contributed by atoms with Crippen LogP contribution in [0.25, 0.3) is 0 Å². The van der Waals surface area contributed by atoms with E-state index in [9.17, 15) is 27.2 Å². The van der Waals surface area contributed by atoms with Crippen molar-refractivity contribution in [3.05, 3.63) is 59.4 Å². The van der Waals surface area contributed by atoms with Gasteiger partial charge >= 0.3 is 6.18 Å². The van der Waals surface area contributed by atoms with Crippen LogP contribution in [0.4, 0.5) is 23.2 Å². The van der Waals surface area contributed by atoms with Gasteiger partial charge in [-0.2, -0.15) is 13.2 Å². The minimum atomic E-state index is -4.81. The molecule has 1 unspecified atom stereocenters. The van der Waals surface area contributed by atoms with Crippen molar-refractivity contribution in [1.29, 1.82) is 0 Å². The van der Waals surface area contributed by atoms with Crippen LogP contribution in [0, 0.1) is 11.7 Å². The maximum Gasteiger partial charge on any atom is 0.416 e. The predicted molar refractivity (Wildman–Crippen MR) is 128 cm³/mol. The average molecular weight is 510 g/mol. The van der Waals surface area contributed by atoms with Crippen molar-refractivity contribution >= 4 is 17.5 Å². The van der Waals surface area contributed by atoms with Crippen molar-refractivity contribution in [3.63, 3.8) is 0 Å². The molecule has 0 aromatic heterocycles. The van der Waals surface area contributed by atoms with Crippen LogP contribution >= 0.6 is 0 Å². The second kappa shape index (κ2) is 12.1.